The Labute approximate surface area is 152 Å². The smallest absolute Gasteiger partial charge is 0.338 e. The lowest BCUT2D eigenvalue weighted by Crippen LogP contribution is -2.04. The summed E-state index contributed by atoms with van der Waals surface area (Å²) in [5.41, 5.74) is 1.14. The molecule has 0 bridgehead atoms. The number of nitro benzene ring substituents is 1. The maximum absolute atomic E-state index is 11.5. The number of esters is 1. The number of thiazole rings is 1. The number of hydrogen-bond donors (Lipinski definition) is 0. The van der Waals surface area contributed by atoms with Gasteiger partial charge in [-0.15, -0.1) is 11.3 Å². The minimum absolute atomic E-state index is 0.0510. The molecule has 3 rings (SSSR count). The van der Waals surface area contributed by atoms with Crippen LogP contribution in [0, 0.1) is 10.1 Å². The summed E-state index contributed by atoms with van der Waals surface area (Å²) in [6.07, 6.45) is 1.68. The van der Waals surface area contributed by atoms with Crippen molar-refractivity contribution in [1.82, 2.24) is 9.97 Å². The van der Waals surface area contributed by atoms with Crippen LogP contribution in [0.3, 0.4) is 0 Å². The van der Waals surface area contributed by atoms with E-state index in [1.807, 2.05) is 18.2 Å². The number of pyridine rings is 1. The van der Waals surface area contributed by atoms with Gasteiger partial charge >= 0.3 is 11.7 Å². The summed E-state index contributed by atoms with van der Waals surface area (Å²) in [5.74, 6) is -0.603. The van der Waals surface area contributed by atoms with Gasteiger partial charge < -0.3 is 9.47 Å². The monoisotopic (exact) mass is 371 g/mol. The number of carbonyl (C=O) groups excluding carboxylic acids is 1. The molecule has 0 atom stereocenters. The molecular formula is C17H13N3O5S. The standard InChI is InChI=1S/C17H13N3O5S/c1-24-17(21)11-5-6-15(14(8-11)20(22)23)25-9-12-10-26-16(19-12)13-4-2-3-7-18-13/h2-8,10H,9H2,1H3. The number of carbonyl (C=O) groups is 1. The van der Waals surface area contributed by atoms with Gasteiger partial charge in [0, 0.05) is 17.6 Å². The molecule has 132 valence electrons. The van der Waals surface area contributed by atoms with Gasteiger partial charge in [0.2, 0.25) is 0 Å². The van der Waals surface area contributed by atoms with Crippen LogP contribution in [0.5, 0.6) is 5.75 Å². The van der Waals surface area contributed by atoms with Crippen molar-refractivity contribution in [3.8, 4) is 16.5 Å². The second kappa shape index (κ2) is 7.70. The van der Waals surface area contributed by atoms with Crippen LogP contribution in [-0.2, 0) is 11.3 Å². The molecule has 3 aromatic rings. The van der Waals surface area contributed by atoms with Crippen molar-refractivity contribution in [3.63, 3.8) is 0 Å². The Hall–Kier alpha value is -3.33. The molecule has 8 nitrogen and oxygen atoms in total. The van der Waals surface area contributed by atoms with Crippen molar-refractivity contribution in [2.75, 3.05) is 7.11 Å². The molecule has 0 amide bonds. The van der Waals surface area contributed by atoms with Crippen LogP contribution in [0.1, 0.15) is 16.1 Å². The lowest BCUT2D eigenvalue weighted by molar-refractivity contribution is -0.386. The van der Waals surface area contributed by atoms with Crippen LogP contribution in [0.4, 0.5) is 5.69 Å². The zero-order valence-electron chi connectivity index (χ0n) is 13.6. The van der Waals surface area contributed by atoms with E-state index in [1.54, 1.807) is 11.6 Å². The van der Waals surface area contributed by atoms with E-state index in [-0.39, 0.29) is 23.6 Å². The topological polar surface area (TPSA) is 104 Å². The summed E-state index contributed by atoms with van der Waals surface area (Å²) in [4.78, 5) is 30.8. The zero-order chi connectivity index (χ0) is 18.5. The molecule has 1 aromatic carbocycles. The molecule has 26 heavy (non-hydrogen) atoms. The number of hydrogen-bond acceptors (Lipinski definition) is 8. The molecule has 0 aliphatic carbocycles. The van der Waals surface area contributed by atoms with Gasteiger partial charge in [0.1, 0.15) is 11.6 Å². The average Bonchev–Trinajstić information content (AvgIpc) is 3.15. The van der Waals surface area contributed by atoms with Gasteiger partial charge in [-0.3, -0.25) is 15.1 Å². The molecule has 0 unspecified atom stereocenters. The highest BCUT2D eigenvalue weighted by Crippen LogP contribution is 2.29. The van der Waals surface area contributed by atoms with Gasteiger partial charge in [-0.2, -0.15) is 0 Å². The van der Waals surface area contributed by atoms with Crippen LogP contribution < -0.4 is 4.74 Å². The predicted octanol–water partition coefficient (Wildman–Crippen LogP) is 3.48. The Morgan fingerprint density at radius 1 is 1.31 bits per heavy atom. The predicted molar refractivity (Wildman–Crippen MR) is 94.1 cm³/mol. The Kier molecular flexibility index (Phi) is 5.18. The number of nitro groups is 1. The van der Waals surface area contributed by atoms with E-state index in [0.717, 1.165) is 16.8 Å². The molecule has 0 radical (unpaired) electrons. The molecule has 2 heterocycles. The second-order valence-corrected chi connectivity index (χ2v) is 5.94. The van der Waals surface area contributed by atoms with E-state index >= 15 is 0 Å². The van der Waals surface area contributed by atoms with Gasteiger partial charge in [-0.1, -0.05) is 6.07 Å². The lowest BCUT2D eigenvalue weighted by Gasteiger charge is -2.06. The first-order valence-electron chi connectivity index (χ1n) is 7.44. The summed E-state index contributed by atoms with van der Waals surface area (Å²) in [6.45, 7) is 0.0573. The van der Waals surface area contributed by atoms with Gasteiger partial charge in [-0.25, -0.2) is 9.78 Å². The van der Waals surface area contributed by atoms with Gasteiger partial charge in [0.05, 0.1) is 29.0 Å². The zero-order valence-corrected chi connectivity index (χ0v) is 14.4. The fraction of sp³-hybridized carbons (Fsp3) is 0.118. The minimum atomic E-state index is -0.654. The van der Waals surface area contributed by atoms with Crippen molar-refractivity contribution in [2.24, 2.45) is 0 Å². The first-order chi connectivity index (χ1) is 12.6. The molecule has 0 N–H and O–H groups in total. The Morgan fingerprint density at radius 3 is 2.85 bits per heavy atom. The Bertz CT molecular complexity index is 943. The third kappa shape index (κ3) is 3.83. The highest BCUT2D eigenvalue weighted by molar-refractivity contribution is 7.13. The summed E-state index contributed by atoms with van der Waals surface area (Å²) in [6, 6.07) is 9.44. The normalized spacial score (nSPS) is 10.3. The number of methoxy groups -OCH3 is 1. The fourth-order valence-electron chi connectivity index (χ4n) is 2.16. The number of rotatable bonds is 6. The maximum atomic E-state index is 11.5. The molecule has 0 saturated carbocycles. The van der Waals surface area contributed by atoms with E-state index in [4.69, 9.17) is 4.74 Å². The molecule has 2 aromatic heterocycles. The number of benzene rings is 1. The Morgan fingerprint density at radius 2 is 2.15 bits per heavy atom. The summed E-state index contributed by atoms with van der Waals surface area (Å²) in [5, 5.41) is 13.8. The van der Waals surface area contributed by atoms with E-state index in [2.05, 4.69) is 14.7 Å². The SMILES string of the molecule is COC(=O)c1ccc(OCc2csc(-c3ccccn3)n2)c([N+](=O)[O-])c1. The first kappa shape index (κ1) is 17.5. The highest BCUT2D eigenvalue weighted by atomic mass is 32.1. The molecule has 0 saturated heterocycles. The van der Waals surface area contributed by atoms with Crippen molar-refractivity contribution in [2.45, 2.75) is 6.61 Å². The first-order valence-corrected chi connectivity index (χ1v) is 8.32. The van der Waals surface area contributed by atoms with E-state index in [9.17, 15) is 14.9 Å². The number of ether oxygens (including phenoxy) is 2. The van der Waals surface area contributed by atoms with Crippen molar-refractivity contribution < 1.29 is 19.2 Å². The third-order valence-electron chi connectivity index (χ3n) is 3.39. The van der Waals surface area contributed by atoms with E-state index < -0.39 is 10.9 Å². The van der Waals surface area contributed by atoms with Crippen molar-refractivity contribution in [3.05, 3.63) is 69.3 Å². The Balaban J connectivity index is 1.76. The molecular weight excluding hydrogens is 358 g/mol. The molecule has 0 aliphatic heterocycles. The van der Waals surface area contributed by atoms with Gasteiger partial charge in [0.15, 0.2) is 5.75 Å². The molecule has 9 heteroatoms. The summed E-state index contributed by atoms with van der Waals surface area (Å²) >= 11 is 1.41. The minimum Gasteiger partial charge on any atom is -0.480 e. The average molecular weight is 371 g/mol. The second-order valence-electron chi connectivity index (χ2n) is 5.08. The number of aromatic nitrogens is 2. The molecule has 0 fully saturated rings. The number of nitrogens with zero attached hydrogens (tertiary/aromatic N) is 3. The van der Waals surface area contributed by atoms with Crippen LogP contribution in [0.25, 0.3) is 10.7 Å². The van der Waals surface area contributed by atoms with Crippen LogP contribution in [0.15, 0.2) is 48.0 Å². The summed E-state index contributed by atoms with van der Waals surface area (Å²) < 4.78 is 10.1. The highest BCUT2D eigenvalue weighted by Gasteiger charge is 2.19. The molecule has 0 aliphatic rings. The van der Waals surface area contributed by atoms with Crippen molar-refractivity contribution in [1.29, 1.82) is 0 Å². The fourth-order valence-corrected chi connectivity index (χ4v) is 2.94. The van der Waals surface area contributed by atoms with E-state index in [0.29, 0.717) is 5.69 Å². The quantitative estimate of drug-likeness (QED) is 0.371. The van der Waals surface area contributed by atoms with Crippen molar-refractivity contribution >= 4 is 23.0 Å². The van der Waals surface area contributed by atoms with Crippen LogP contribution >= 0.6 is 11.3 Å². The summed E-state index contributed by atoms with van der Waals surface area (Å²) in [7, 11) is 1.21. The van der Waals surface area contributed by atoms with Gasteiger partial charge in [-0.05, 0) is 24.3 Å². The van der Waals surface area contributed by atoms with E-state index in [1.165, 1.54) is 30.6 Å². The third-order valence-corrected chi connectivity index (χ3v) is 4.30. The van der Waals surface area contributed by atoms with Crippen LogP contribution in [0.2, 0.25) is 0 Å². The van der Waals surface area contributed by atoms with Crippen LogP contribution in [-0.4, -0.2) is 28.0 Å². The maximum Gasteiger partial charge on any atom is 0.338 e. The largest absolute Gasteiger partial charge is 0.480 e. The lowest BCUT2D eigenvalue weighted by atomic mass is 10.2. The van der Waals surface area contributed by atoms with Gasteiger partial charge in [0.25, 0.3) is 0 Å². The molecule has 0 spiro atoms.